The molecule has 0 aromatic heterocycles. The zero-order valence-electron chi connectivity index (χ0n) is 19.7. The number of piperidine rings is 1. The molecule has 1 saturated heterocycles. The minimum absolute atomic E-state index is 0.0746. The van der Waals surface area contributed by atoms with E-state index in [1.165, 1.54) is 23.3 Å². The number of hydrogen-bond donors (Lipinski definition) is 0. The summed E-state index contributed by atoms with van der Waals surface area (Å²) in [4.78, 5) is 13.5. The molecule has 0 saturated carbocycles. The molecule has 0 spiro atoms. The van der Waals surface area contributed by atoms with Gasteiger partial charge in [0.1, 0.15) is 18.2 Å². The van der Waals surface area contributed by atoms with Gasteiger partial charge in [0.25, 0.3) is 0 Å². The van der Waals surface area contributed by atoms with Crippen LogP contribution in [0.5, 0.6) is 0 Å². The summed E-state index contributed by atoms with van der Waals surface area (Å²) in [5, 5.41) is 0. The van der Waals surface area contributed by atoms with Crippen LogP contribution >= 0.6 is 0 Å². The number of halogens is 1. The fourth-order valence-electron chi connectivity index (χ4n) is 5.11. The van der Waals surface area contributed by atoms with E-state index in [9.17, 15) is 9.18 Å². The molecule has 3 nitrogen and oxygen atoms in total. The van der Waals surface area contributed by atoms with Crippen LogP contribution in [0.2, 0.25) is 0 Å². The van der Waals surface area contributed by atoms with Crippen molar-refractivity contribution in [2.75, 3.05) is 19.7 Å². The van der Waals surface area contributed by atoms with Crippen LogP contribution in [0.3, 0.4) is 0 Å². The Bertz CT molecular complexity index is 954. The number of carbonyl (C=O) groups excluding carboxylic acids is 1. The second-order valence-corrected chi connectivity index (χ2v) is 9.28. The van der Waals surface area contributed by atoms with Crippen LogP contribution in [0.25, 0.3) is 0 Å². The van der Waals surface area contributed by atoms with Gasteiger partial charge in [0.15, 0.2) is 0 Å². The van der Waals surface area contributed by atoms with Gasteiger partial charge in [-0.1, -0.05) is 72.8 Å². The molecule has 3 aromatic rings. The van der Waals surface area contributed by atoms with E-state index >= 15 is 0 Å². The first-order valence-corrected chi connectivity index (χ1v) is 12.3. The average molecular weight is 460 g/mol. The fraction of sp³-hybridized carbons (Fsp3) is 0.367. The molecule has 0 radical (unpaired) electrons. The molecule has 0 N–H and O–H groups in total. The zero-order valence-corrected chi connectivity index (χ0v) is 19.7. The molecule has 1 heterocycles. The standard InChI is InChI=1S/C30H34FNO2/c31-29-15-13-24(14-16-29)22-32-19-17-25(28(23-32)12-7-20-33)18-21-34-30(26-8-3-1-4-9-26)27-10-5-2-6-11-27/h1-6,8-11,13-16,20,25,28,30H,7,12,17-19,21-23H2. The molecule has 2 atom stereocenters. The Morgan fingerprint density at radius 1 is 0.882 bits per heavy atom. The average Bonchev–Trinajstić information content (AvgIpc) is 2.88. The largest absolute Gasteiger partial charge is 0.369 e. The molecule has 0 bridgehead atoms. The van der Waals surface area contributed by atoms with E-state index < -0.39 is 0 Å². The van der Waals surface area contributed by atoms with Crippen molar-refractivity contribution in [2.45, 2.75) is 38.3 Å². The second kappa shape index (κ2) is 12.6. The predicted molar refractivity (Wildman–Crippen MR) is 134 cm³/mol. The SMILES string of the molecule is O=CCCC1CN(Cc2ccc(F)cc2)CCC1CCOC(c1ccccc1)c1ccccc1. The maximum Gasteiger partial charge on any atom is 0.123 e. The highest BCUT2D eigenvalue weighted by molar-refractivity contribution is 5.49. The van der Waals surface area contributed by atoms with E-state index in [1.807, 2.05) is 24.3 Å². The van der Waals surface area contributed by atoms with Gasteiger partial charge < -0.3 is 9.53 Å². The van der Waals surface area contributed by atoms with E-state index in [1.54, 1.807) is 0 Å². The molecule has 1 fully saturated rings. The van der Waals surface area contributed by atoms with Gasteiger partial charge in [-0.3, -0.25) is 4.90 Å². The Balaban J connectivity index is 1.36. The number of rotatable bonds is 11. The minimum Gasteiger partial charge on any atom is -0.369 e. The van der Waals surface area contributed by atoms with Crippen LogP contribution in [-0.4, -0.2) is 30.9 Å². The van der Waals surface area contributed by atoms with Gasteiger partial charge in [-0.15, -0.1) is 0 Å². The van der Waals surface area contributed by atoms with Gasteiger partial charge in [0.2, 0.25) is 0 Å². The summed E-state index contributed by atoms with van der Waals surface area (Å²) < 4.78 is 19.7. The highest BCUT2D eigenvalue weighted by Crippen LogP contribution is 2.32. The van der Waals surface area contributed by atoms with Crippen LogP contribution in [0, 0.1) is 17.7 Å². The quantitative estimate of drug-likeness (QED) is 0.309. The fourth-order valence-corrected chi connectivity index (χ4v) is 5.11. The first-order chi connectivity index (χ1) is 16.7. The van der Waals surface area contributed by atoms with Gasteiger partial charge in [-0.05, 0) is 66.5 Å². The lowest BCUT2D eigenvalue weighted by Crippen LogP contribution is -2.40. The number of aldehydes is 1. The lowest BCUT2D eigenvalue weighted by molar-refractivity contribution is -0.108. The van der Waals surface area contributed by atoms with Crippen molar-refractivity contribution in [3.8, 4) is 0 Å². The number of likely N-dealkylation sites (tertiary alicyclic amines) is 1. The molecular weight excluding hydrogens is 425 g/mol. The first-order valence-electron chi connectivity index (χ1n) is 12.3. The predicted octanol–water partition coefficient (Wildman–Crippen LogP) is 6.44. The molecule has 3 aromatic carbocycles. The van der Waals surface area contributed by atoms with Gasteiger partial charge in [-0.25, -0.2) is 4.39 Å². The molecule has 34 heavy (non-hydrogen) atoms. The van der Waals surface area contributed by atoms with Crippen LogP contribution in [0.1, 0.15) is 48.5 Å². The normalized spacial score (nSPS) is 18.8. The van der Waals surface area contributed by atoms with Crippen molar-refractivity contribution in [1.29, 1.82) is 0 Å². The number of benzene rings is 3. The molecular formula is C30H34FNO2. The molecule has 0 aliphatic carbocycles. The number of nitrogens with zero attached hydrogens (tertiary/aromatic N) is 1. The summed E-state index contributed by atoms with van der Waals surface area (Å²) in [5.74, 6) is 0.808. The van der Waals surface area contributed by atoms with E-state index in [-0.39, 0.29) is 11.9 Å². The van der Waals surface area contributed by atoms with Crippen molar-refractivity contribution in [3.05, 3.63) is 107 Å². The van der Waals surface area contributed by atoms with Crippen LogP contribution in [0.15, 0.2) is 84.9 Å². The Labute approximate surface area is 202 Å². The molecule has 4 rings (SSSR count). The molecule has 178 valence electrons. The van der Waals surface area contributed by atoms with E-state index in [0.29, 0.717) is 24.9 Å². The molecule has 1 aliphatic rings. The minimum atomic E-state index is -0.198. The van der Waals surface area contributed by atoms with Crippen LogP contribution in [0.4, 0.5) is 4.39 Å². The van der Waals surface area contributed by atoms with Gasteiger partial charge in [0.05, 0.1) is 0 Å². The summed E-state index contributed by atoms with van der Waals surface area (Å²) in [6.07, 6.45) is 4.56. The Morgan fingerprint density at radius 2 is 1.53 bits per heavy atom. The summed E-state index contributed by atoms with van der Waals surface area (Å²) in [7, 11) is 0. The highest BCUT2D eigenvalue weighted by Gasteiger charge is 2.29. The van der Waals surface area contributed by atoms with Gasteiger partial charge in [-0.2, -0.15) is 0 Å². The Morgan fingerprint density at radius 3 is 2.15 bits per heavy atom. The topological polar surface area (TPSA) is 29.5 Å². The summed E-state index contributed by atoms with van der Waals surface area (Å²) in [6.45, 7) is 3.50. The number of carbonyl (C=O) groups is 1. The van der Waals surface area contributed by atoms with Crippen molar-refractivity contribution < 1.29 is 13.9 Å². The Hall–Kier alpha value is -2.82. The van der Waals surface area contributed by atoms with E-state index in [2.05, 4.69) is 53.4 Å². The van der Waals surface area contributed by atoms with Crippen molar-refractivity contribution in [3.63, 3.8) is 0 Å². The third kappa shape index (κ3) is 6.85. The van der Waals surface area contributed by atoms with Crippen molar-refractivity contribution in [1.82, 2.24) is 4.90 Å². The summed E-state index contributed by atoms with van der Waals surface area (Å²) in [6, 6.07) is 27.6. The highest BCUT2D eigenvalue weighted by atomic mass is 19.1. The molecule has 2 unspecified atom stereocenters. The lowest BCUT2D eigenvalue weighted by Gasteiger charge is -2.39. The summed E-state index contributed by atoms with van der Waals surface area (Å²) in [5.41, 5.74) is 3.46. The third-order valence-corrected chi connectivity index (χ3v) is 6.93. The molecule has 4 heteroatoms. The van der Waals surface area contributed by atoms with Crippen molar-refractivity contribution >= 4 is 6.29 Å². The summed E-state index contributed by atoms with van der Waals surface area (Å²) >= 11 is 0. The first kappa shape index (κ1) is 24.3. The molecule has 0 amide bonds. The number of hydrogen-bond acceptors (Lipinski definition) is 3. The Kier molecular flexibility index (Phi) is 9.00. The van der Waals surface area contributed by atoms with Crippen LogP contribution < -0.4 is 0 Å². The maximum atomic E-state index is 13.3. The van der Waals surface area contributed by atoms with Crippen LogP contribution in [-0.2, 0) is 16.1 Å². The number of ether oxygens (including phenoxy) is 1. The van der Waals surface area contributed by atoms with Crippen molar-refractivity contribution in [2.24, 2.45) is 11.8 Å². The maximum absolute atomic E-state index is 13.3. The van der Waals surface area contributed by atoms with Gasteiger partial charge in [0, 0.05) is 26.1 Å². The smallest absolute Gasteiger partial charge is 0.123 e. The third-order valence-electron chi connectivity index (χ3n) is 6.93. The molecule has 1 aliphatic heterocycles. The van der Waals surface area contributed by atoms with Gasteiger partial charge >= 0.3 is 0 Å². The lowest BCUT2D eigenvalue weighted by atomic mass is 9.80. The van der Waals surface area contributed by atoms with E-state index in [0.717, 1.165) is 50.7 Å². The monoisotopic (exact) mass is 459 g/mol. The zero-order chi connectivity index (χ0) is 23.6. The van der Waals surface area contributed by atoms with E-state index in [4.69, 9.17) is 4.74 Å². The second-order valence-electron chi connectivity index (χ2n) is 9.28.